The lowest BCUT2D eigenvalue weighted by Crippen LogP contribution is -2.42. The molecule has 0 radical (unpaired) electrons. The number of thioether (sulfide) groups is 1. The van der Waals surface area contributed by atoms with Crippen LogP contribution < -0.4 is 11.1 Å². The number of amides is 1. The Balaban J connectivity index is 1.87. The van der Waals surface area contributed by atoms with Crippen LogP contribution in [0.25, 0.3) is 0 Å². The van der Waals surface area contributed by atoms with Gasteiger partial charge in [0.15, 0.2) is 0 Å². The number of rotatable bonds is 6. The van der Waals surface area contributed by atoms with Gasteiger partial charge in [-0.1, -0.05) is 24.3 Å². The van der Waals surface area contributed by atoms with Crippen LogP contribution in [-0.4, -0.2) is 30.5 Å². The molecular formula is C16H24N2OS. The first-order valence-electron chi connectivity index (χ1n) is 7.32. The molecule has 110 valence electrons. The number of carbonyl (C=O) groups excluding carboxylic acids is 1. The molecule has 1 amide bonds. The lowest BCUT2D eigenvalue weighted by molar-refractivity contribution is -0.122. The highest BCUT2D eigenvalue weighted by Gasteiger charge is 2.21. The Morgan fingerprint density at radius 1 is 1.50 bits per heavy atom. The van der Waals surface area contributed by atoms with Gasteiger partial charge >= 0.3 is 0 Å². The van der Waals surface area contributed by atoms with Gasteiger partial charge in [-0.3, -0.25) is 4.79 Å². The third-order valence-corrected chi connectivity index (χ3v) is 4.63. The fourth-order valence-electron chi connectivity index (χ4n) is 2.80. The predicted molar refractivity (Wildman–Crippen MR) is 86.1 cm³/mol. The standard InChI is InChI=1S/C16H24N2OS/c1-20-10-9-15(17)16(19)18-11-13-7-4-6-12-5-2-3-8-14(12)13/h2-3,5,8,13,15H,4,6-7,9-11,17H2,1H3,(H,18,19). The Kier molecular flexibility index (Phi) is 5.92. The van der Waals surface area contributed by atoms with Crippen LogP contribution >= 0.6 is 11.8 Å². The van der Waals surface area contributed by atoms with Gasteiger partial charge in [0.1, 0.15) is 0 Å². The van der Waals surface area contributed by atoms with Crippen LogP contribution in [-0.2, 0) is 11.2 Å². The molecule has 4 heteroatoms. The van der Waals surface area contributed by atoms with Gasteiger partial charge in [-0.15, -0.1) is 0 Å². The van der Waals surface area contributed by atoms with E-state index in [0.29, 0.717) is 12.5 Å². The lowest BCUT2D eigenvalue weighted by Gasteiger charge is -2.26. The van der Waals surface area contributed by atoms with E-state index in [0.717, 1.165) is 25.0 Å². The molecule has 0 aliphatic heterocycles. The topological polar surface area (TPSA) is 55.1 Å². The summed E-state index contributed by atoms with van der Waals surface area (Å²) in [5.41, 5.74) is 8.72. The summed E-state index contributed by atoms with van der Waals surface area (Å²) in [6, 6.07) is 8.20. The Morgan fingerprint density at radius 2 is 2.30 bits per heavy atom. The maximum Gasteiger partial charge on any atom is 0.236 e. The molecule has 3 N–H and O–H groups in total. The summed E-state index contributed by atoms with van der Waals surface area (Å²) in [7, 11) is 0. The van der Waals surface area contributed by atoms with E-state index in [9.17, 15) is 4.79 Å². The molecule has 0 saturated heterocycles. The highest BCUT2D eigenvalue weighted by Crippen LogP contribution is 2.30. The minimum absolute atomic E-state index is 0.0119. The number of nitrogens with one attached hydrogen (secondary N) is 1. The van der Waals surface area contributed by atoms with Gasteiger partial charge in [0.25, 0.3) is 0 Å². The average Bonchev–Trinajstić information content (AvgIpc) is 2.50. The number of aryl methyl sites for hydroxylation is 1. The fraction of sp³-hybridized carbons (Fsp3) is 0.562. The SMILES string of the molecule is CSCCC(N)C(=O)NCC1CCCc2ccccc21. The Bertz CT molecular complexity index is 450. The third kappa shape index (κ3) is 4.00. The molecule has 0 aromatic heterocycles. The van der Waals surface area contributed by atoms with Crippen LogP contribution in [0.4, 0.5) is 0 Å². The maximum absolute atomic E-state index is 12.0. The second-order valence-electron chi connectivity index (χ2n) is 5.42. The molecule has 0 spiro atoms. The molecule has 1 aromatic rings. The molecule has 1 aliphatic carbocycles. The molecule has 20 heavy (non-hydrogen) atoms. The zero-order valence-corrected chi connectivity index (χ0v) is 12.9. The van der Waals surface area contributed by atoms with Gasteiger partial charge in [0.05, 0.1) is 6.04 Å². The van der Waals surface area contributed by atoms with Crippen molar-refractivity contribution >= 4 is 17.7 Å². The second-order valence-corrected chi connectivity index (χ2v) is 6.41. The molecule has 0 heterocycles. The largest absolute Gasteiger partial charge is 0.354 e. The highest BCUT2D eigenvalue weighted by molar-refractivity contribution is 7.98. The van der Waals surface area contributed by atoms with Crippen molar-refractivity contribution in [3.63, 3.8) is 0 Å². The third-order valence-electron chi connectivity index (χ3n) is 3.99. The highest BCUT2D eigenvalue weighted by atomic mass is 32.2. The van der Waals surface area contributed by atoms with E-state index in [2.05, 4.69) is 29.6 Å². The monoisotopic (exact) mass is 292 g/mol. The van der Waals surface area contributed by atoms with Crippen molar-refractivity contribution in [3.05, 3.63) is 35.4 Å². The number of benzene rings is 1. The quantitative estimate of drug-likeness (QED) is 0.846. The van der Waals surface area contributed by atoms with Crippen molar-refractivity contribution in [2.24, 2.45) is 5.73 Å². The summed E-state index contributed by atoms with van der Waals surface area (Å²) in [6.07, 6.45) is 6.29. The molecular weight excluding hydrogens is 268 g/mol. The number of fused-ring (bicyclic) bond motifs is 1. The normalized spacial score (nSPS) is 19.2. The zero-order chi connectivity index (χ0) is 14.4. The number of hydrogen-bond acceptors (Lipinski definition) is 3. The van der Waals surface area contributed by atoms with Gasteiger partial charge in [-0.25, -0.2) is 0 Å². The van der Waals surface area contributed by atoms with Crippen molar-refractivity contribution < 1.29 is 4.79 Å². The van der Waals surface area contributed by atoms with Gasteiger partial charge in [-0.05, 0) is 48.8 Å². The Hall–Kier alpha value is -1.00. The molecule has 3 nitrogen and oxygen atoms in total. The zero-order valence-electron chi connectivity index (χ0n) is 12.1. The lowest BCUT2D eigenvalue weighted by atomic mass is 9.83. The summed E-state index contributed by atoms with van der Waals surface area (Å²) >= 11 is 1.72. The molecule has 0 bridgehead atoms. The Morgan fingerprint density at radius 3 is 3.10 bits per heavy atom. The van der Waals surface area contributed by atoms with Crippen molar-refractivity contribution in [2.45, 2.75) is 37.6 Å². The van der Waals surface area contributed by atoms with Crippen molar-refractivity contribution in [1.82, 2.24) is 5.32 Å². The van der Waals surface area contributed by atoms with E-state index < -0.39 is 0 Å². The summed E-state index contributed by atoms with van der Waals surface area (Å²) in [5, 5.41) is 3.03. The minimum atomic E-state index is -0.374. The Labute approximate surface area is 125 Å². The van der Waals surface area contributed by atoms with E-state index >= 15 is 0 Å². The average molecular weight is 292 g/mol. The molecule has 2 atom stereocenters. The first-order chi connectivity index (χ1) is 9.72. The van der Waals surface area contributed by atoms with E-state index in [1.807, 2.05) is 6.26 Å². The molecule has 0 saturated carbocycles. The molecule has 1 aromatic carbocycles. The van der Waals surface area contributed by atoms with E-state index in [-0.39, 0.29) is 11.9 Å². The van der Waals surface area contributed by atoms with Gasteiger partial charge in [0.2, 0.25) is 5.91 Å². The number of nitrogens with two attached hydrogens (primary N) is 1. The van der Waals surface area contributed by atoms with Crippen LogP contribution in [0.15, 0.2) is 24.3 Å². The number of carbonyl (C=O) groups is 1. The van der Waals surface area contributed by atoms with Crippen LogP contribution in [0.2, 0.25) is 0 Å². The first-order valence-corrected chi connectivity index (χ1v) is 8.71. The van der Waals surface area contributed by atoms with Crippen molar-refractivity contribution in [3.8, 4) is 0 Å². The maximum atomic E-state index is 12.0. The van der Waals surface area contributed by atoms with Crippen LogP contribution in [0, 0.1) is 0 Å². The fourth-order valence-corrected chi connectivity index (χ4v) is 3.29. The van der Waals surface area contributed by atoms with E-state index in [4.69, 9.17) is 5.73 Å². The summed E-state index contributed by atoms with van der Waals surface area (Å²) in [5.74, 6) is 1.36. The van der Waals surface area contributed by atoms with Crippen LogP contribution in [0.1, 0.15) is 36.3 Å². The predicted octanol–water partition coefficient (Wildman–Crippen LogP) is 2.30. The smallest absolute Gasteiger partial charge is 0.236 e. The summed E-state index contributed by atoms with van der Waals surface area (Å²) in [6.45, 7) is 0.711. The van der Waals surface area contributed by atoms with Crippen molar-refractivity contribution in [1.29, 1.82) is 0 Å². The van der Waals surface area contributed by atoms with Crippen molar-refractivity contribution in [2.75, 3.05) is 18.6 Å². The van der Waals surface area contributed by atoms with Crippen LogP contribution in [0.3, 0.4) is 0 Å². The molecule has 2 rings (SSSR count). The second kappa shape index (κ2) is 7.70. The van der Waals surface area contributed by atoms with Gasteiger partial charge in [0, 0.05) is 12.5 Å². The summed E-state index contributed by atoms with van der Waals surface area (Å²) < 4.78 is 0. The molecule has 1 aliphatic rings. The molecule has 2 unspecified atom stereocenters. The van der Waals surface area contributed by atoms with E-state index in [1.54, 1.807) is 11.8 Å². The first kappa shape index (κ1) is 15.4. The summed E-state index contributed by atoms with van der Waals surface area (Å²) in [4.78, 5) is 12.0. The molecule has 0 fully saturated rings. The minimum Gasteiger partial charge on any atom is -0.354 e. The van der Waals surface area contributed by atoms with E-state index in [1.165, 1.54) is 17.5 Å². The number of hydrogen-bond donors (Lipinski definition) is 2. The van der Waals surface area contributed by atoms with Gasteiger partial charge in [-0.2, -0.15) is 11.8 Å². The van der Waals surface area contributed by atoms with Gasteiger partial charge < -0.3 is 11.1 Å². The van der Waals surface area contributed by atoms with Crippen LogP contribution in [0.5, 0.6) is 0 Å².